The molecule has 1 fully saturated rings. The summed E-state index contributed by atoms with van der Waals surface area (Å²) in [6.07, 6.45) is 1.70. The minimum absolute atomic E-state index is 0. The van der Waals surface area contributed by atoms with Crippen LogP contribution in [0.2, 0.25) is 0 Å². The van der Waals surface area contributed by atoms with Gasteiger partial charge in [0.25, 0.3) is 5.91 Å². The largest absolute Gasteiger partial charge is 0.465 e. The molecule has 7 heteroatoms. The third kappa shape index (κ3) is 4.70. The number of esters is 1. The summed E-state index contributed by atoms with van der Waals surface area (Å²) in [5.41, 5.74) is 2.88. The number of hydrogen-bond donors (Lipinski definition) is 2. The van der Waals surface area contributed by atoms with Crippen LogP contribution in [0.15, 0.2) is 24.3 Å². The molecule has 1 aliphatic heterocycles. The molecule has 0 spiro atoms. The highest BCUT2D eigenvalue weighted by atomic mass is 35.5. The number of ether oxygens (including phenoxy) is 1. The van der Waals surface area contributed by atoms with Gasteiger partial charge in [0, 0.05) is 0 Å². The van der Waals surface area contributed by atoms with Gasteiger partial charge < -0.3 is 10.1 Å². The Bertz CT molecular complexity index is 490. The van der Waals surface area contributed by atoms with Crippen molar-refractivity contribution in [3.8, 4) is 0 Å². The van der Waals surface area contributed by atoms with E-state index in [9.17, 15) is 9.59 Å². The fourth-order valence-corrected chi connectivity index (χ4v) is 2.07. The van der Waals surface area contributed by atoms with E-state index >= 15 is 0 Å². The molecule has 2 N–H and O–H groups in total. The van der Waals surface area contributed by atoms with Gasteiger partial charge in [0.05, 0.1) is 24.3 Å². The SMILES string of the molecule is COC(=O)c1ccccc1C(=O)NOC1CCNCC1.Cl. The lowest BCUT2D eigenvalue weighted by molar-refractivity contribution is -0.0283. The maximum atomic E-state index is 12.1. The Labute approximate surface area is 129 Å². The third-order valence-electron chi connectivity index (χ3n) is 3.18. The van der Waals surface area contributed by atoms with Crippen LogP contribution in [0.5, 0.6) is 0 Å². The van der Waals surface area contributed by atoms with Gasteiger partial charge in [-0.05, 0) is 38.1 Å². The molecular weight excluding hydrogens is 296 g/mol. The van der Waals surface area contributed by atoms with Crippen molar-refractivity contribution in [1.29, 1.82) is 0 Å². The molecule has 21 heavy (non-hydrogen) atoms. The third-order valence-corrected chi connectivity index (χ3v) is 3.18. The first-order valence-electron chi connectivity index (χ1n) is 6.56. The molecule has 116 valence electrons. The molecule has 0 radical (unpaired) electrons. The van der Waals surface area contributed by atoms with Gasteiger partial charge in [-0.2, -0.15) is 0 Å². The molecule has 1 heterocycles. The van der Waals surface area contributed by atoms with E-state index in [2.05, 4.69) is 15.5 Å². The van der Waals surface area contributed by atoms with E-state index in [0.29, 0.717) is 0 Å². The number of halogens is 1. The standard InChI is InChI=1S/C14H18N2O4.ClH/c1-19-14(18)12-5-3-2-4-11(12)13(17)16-20-10-6-8-15-9-7-10;/h2-5,10,15H,6-9H2,1H3,(H,16,17);1H. The molecule has 0 aliphatic carbocycles. The number of methoxy groups -OCH3 is 1. The molecule has 0 atom stereocenters. The fourth-order valence-electron chi connectivity index (χ4n) is 2.07. The van der Waals surface area contributed by atoms with Crippen molar-refractivity contribution in [2.24, 2.45) is 0 Å². The maximum absolute atomic E-state index is 12.1. The van der Waals surface area contributed by atoms with Crippen LogP contribution in [0.1, 0.15) is 33.6 Å². The van der Waals surface area contributed by atoms with Crippen molar-refractivity contribution in [2.45, 2.75) is 18.9 Å². The van der Waals surface area contributed by atoms with Crippen LogP contribution in [0, 0.1) is 0 Å². The first-order chi connectivity index (χ1) is 9.72. The molecule has 0 bridgehead atoms. The fraction of sp³-hybridized carbons (Fsp3) is 0.429. The summed E-state index contributed by atoms with van der Waals surface area (Å²) in [5.74, 6) is -0.984. The van der Waals surface area contributed by atoms with Gasteiger partial charge in [-0.3, -0.25) is 9.63 Å². The predicted octanol–water partition coefficient (Wildman–Crippen LogP) is 1.31. The molecule has 1 amide bonds. The van der Waals surface area contributed by atoms with Crippen LogP contribution in [-0.2, 0) is 9.57 Å². The summed E-state index contributed by atoms with van der Waals surface area (Å²) in [7, 11) is 1.28. The first-order valence-corrected chi connectivity index (χ1v) is 6.56. The molecular formula is C14H19ClN2O4. The molecule has 6 nitrogen and oxygen atoms in total. The van der Waals surface area contributed by atoms with Gasteiger partial charge in [-0.25, -0.2) is 10.3 Å². The second-order valence-electron chi connectivity index (χ2n) is 4.54. The number of hydroxylamine groups is 1. The van der Waals surface area contributed by atoms with Crippen LogP contribution >= 0.6 is 12.4 Å². The molecule has 0 aromatic heterocycles. The second kappa shape index (κ2) is 8.61. The number of nitrogens with one attached hydrogen (secondary N) is 2. The Balaban J connectivity index is 0.00000220. The quantitative estimate of drug-likeness (QED) is 0.647. The van der Waals surface area contributed by atoms with E-state index in [1.54, 1.807) is 24.3 Å². The van der Waals surface area contributed by atoms with Crippen LogP contribution in [0.25, 0.3) is 0 Å². The normalized spacial score (nSPS) is 14.9. The number of amides is 1. The van der Waals surface area contributed by atoms with Gasteiger partial charge in [0.2, 0.25) is 0 Å². The van der Waals surface area contributed by atoms with Crippen LogP contribution in [0.4, 0.5) is 0 Å². The Morgan fingerprint density at radius 3 is 2.43 bits per heavy atom. The zero-order valence-corrected chi connectivity index (χ0v) is 12.6. The molecule has 0 saturated carbocycles. The summed E-state index contributed by atoms with van der Waals surface area (Å²) in [6.45, 7) is 1.75. The van der Waals surface area contributed by atoms with Crippen molar-refractivity contribution in [1.82, 2.24) is 10.8 Å². The molecule has 1 aliphatic rings. The van der Waals surface area contributed by atoms with Gasteiger partial charge in [-0.1, -0.05) is 12.1 Å². The van der Waals surface area contributed by atoms with Crippen molar-refractivity contribution < 1.29 is 19.2 Å². The molecule has 2 rings (SSSR count). The van der Waals surface area contributed by atoms with Gasteiger partial charge in [-0.15, -0.1) is 12.4 Å². The zero-order valence-electron chi connectivity index (χ0n) is 11.8. The minimum atomic E-state index is -0.544. The van der Waals surface area contributed by atoms with E-state index in [0.717, 1.165) is 25.9 Å². The Hall–Kier alpha value is -1.63. The first kappa shape index (κ1) is 17.4. The highest BCUT2D eigenvalue weighted by molar-refractivity contribution is 6.04. The minimum Gasteiger partial charge on any atom is -0.465 e. The summed E-state index contributed by atoms with van der Waals surface area (Å²) >= 11 is 0. The number of carbonyl (C=O) groups is 2. The highest BCUT2D eigenvalue weighted by Crippen LogP contribution is 2.11. The number of carbonyl (C=O) groups excluding carboxylic acids is 2. The van der Waals surface area contributed by atoms with Crippen molar-refractivity contribution in [3.05, 3.63) is 35.4 Å². The topological polar surface area (TPSA) is 76.7 Å². The summed E-state index contributed by atoms with van der Waals surface area (Å²) in [6, 6.07) is 6.47. The lowest BCUT2D eigenvalue weighted by Crippen LogP contribution is -2.37. The Kier molecular flexibility index (Phi) is 7.14. The lowest BCUT2D eigenvalue weighted by Gasteiger charge is -2.22. The smallest absolute Gasteiger partial charge is 0.338 e. The average molecular weight is 315 g/mol. The van der Waals surface area contributed by atoms with Crippen molar-refractivity contribution >= 4 is 24.3 Å². The van der Waals surface area contributed by atoms with Crippen molar-refractivity contribution in [2.75, 3.05) is 20.2 Å². The monoisotopic (exact) mass is 314 g/mol. The Morgan fingerprint density at radius 1 is 1.19 bits per heavy atom. The van der Waals surface area contributed by atoms with Gasteiger partial charge >= 0.3 is 5.97 Å². The van der Waals surface area contributed by atoms with Gasteiger partial charge in [0.1, 0.15) is 0 Å². The summed E-state index contributed by atoms with van der Waals surface area (Å²) < 4.78 is 4.65. The predicted molar refractivity (Wildman–Crippen MR) is 79.5 cm³/mol. The second-order valence-corrected chi connectivity index (χ2v) is 4.54. The van der Waals surface area contributed by atoms with Gasteiger partial charge in [0.15, 0.2) is 0 Å². The van der Waals surface area contributed by atoms with E-state index in [1.807, 2.05) is 0 Å². The maximum Gasteiger partial charge on any atom is 0.338 e. The number of benzene rings is 1. The highest BCUT2D eigenvalue weighted by Gasteiger charge is 2.19. The van der Waals surface area contributed by atoms with Crippen LogP contribution in [-0.4, -0.2) is 38.2 Å². The van der Waals surface area contributed by atoms with Crippen molar-refractivity contribution in [3.63, 3.8) is 0 Å². The molecule has 1 aromatic rings. The molecule has 1 aromatic carbocycles. The summed E-state index contributed by atoms with van der Waals surface area (Å²) in [4.78, 5) is 29.0. The number of hydrogen-bond acceptors (Lipinski definition) is 5. The van der Waals surface area contributed by atoms with E-state index in [1.165, 1.54) is 7.11 Å². The van der Waals surface area contributed by atoms with E-state index in [4.69, 9.17) is 4.84 Å². The Morgan fingerprint density at radius 2 is 1.81 bits per heavy atom. The molecule has 1 saturated heterocycles. The number of piperidine rings is 1. The van der Waals surface area contributed by atoms with E-state index in [-0.39, 0.29) is 29.6 Å². The molecule has 0 unspecified atom stereocenters. The summed E-state index contributed by atoms with van der Waals surface area (Å²) in [5, 5.41) is 3.21. The van der Waals surface area contributed by atoms with Crippen LogP contribution < -0.4 is 10.8 Å². The average Bonchev–Trinajstić information content (AvgIpc) is 2.52. The van der Waals surface area contributed by atoms with Crippen LogP contribution in [0.3, 0.4) is 0 Å². The number of rotatable bonds is 4. The zero-order chi connectivity index (χ0) is 14.4. The lowest BCUT2D eigenvalue weighted by atomic mass is 10.1. The van der Waals surface area contributed by atoms with E-state index < -0.39 is 11.9 Å².